The molecule has 0 bridgehead atoms. The number of carbonyl (C=O) groups excluding carboxylic acids is 2. The van der Waals surface area contributed by atoms with Gasteiger partial charge in [0.15, 0.2) is 0 Å². The van der Waals surface area contributed by atoms with E-state index >= 15 is 0 Å². The summed E-state index contributed by atoms with van der Waals surface area (Å²) < 4.78 is 15.2. The van der Waals surface area contributed by atoms with Crippen LogP contribution in [0.3, 0.4) is 0 Å². The molecule has 1 heterocycles. The van der Waals surface area contributed by atoms with Gasteiger partial charge in [-0.05, 0) is 35.9 Å². The third-order valence-electron chi connectivity index (χ3n) is 4.22. The Kier molecular flexibility index (Phi) is 6.19. The summed E-state index contributed by atoms with van der Waals surface area (Å²) in [6.45, 7) is 3.68. The molecular formula is C22H21FN4O2. The van der Waals surface area contributed by atoms with Gasteiger partial charge in [-0.15, -0.1) is 0 Å². The molecular weight excluding hydrogens is 371 g/mol. The Morgan fingerprint density at radius 1 is 1.21 bits per heavy atom. The minimum absolute atomic E-state index is 0.160. The van der Waals surface area contributed by atoms with Crippen LogP contribution < -0.4 is 10.6 Å². The Bertz CT molecular complexity index is 1060. The van der Waals surface area contributed by atoms with Gasteiger partial charge in [0.1, 0.15) is 5.82 Å². The van der Waals surface area contributed by atoms with Gasteiger partial charge < -0.3 is 10.6 Å². The lowest BCUT2D eigenvalue weighted by Crippen LogP contribution is -2.24. The minimum atomic E-state index is -0.341. The Morgan fingerprint density at radius 3 is 2.76 bits per heavy atom. The quantitative estimate of drug-likeness (QED) is 0.606. The number of carbonyl (C=O) groups is 2. The van der Waals surface area contributed by atoms with Crippen LogP contribution in [0.4, 0.5) is 10.1 Å². The molecule has 3 rings (SSSR count). The van der Waals surface area contributed by atoms with E-state index in [0.29, 0.717) is 16.9 Å². The lowest BCUT2D eigenvalue weighted by Gasteiger charge is -2.08. The average molecular weight is 392 g/mol. The highest BCUT2D eigenvalue weighted by atomic mass is 19.1. The Labute approximate surface area is 168 Å². The van der Waals surface area contributed by atoms with Gasteiger partial charge in [0.2, 0.25) is 11.8 Å². The van der Waals surface area contributed by atoms with Crippen molar-refractivity contribution >= 4 is 17.5 Å². The molecule has 3 aromatic rings. The summed E-state index contributed by atoms with van der Waals surface area (Å²) in [6, 6.07) is 13.2. The molecule has 0 spiro atoms. The molecule has 0 radical (unpaired) electrons. The summed E-state index contributed by atoms with van der Waals surface area (Å²) in [7, 11) is 1.77. The normalized spacial score (nSPS) is 10.4. The van der Waals surface area contributed by atoms with Crippen LogP contribution in [0.1, 0.15) is 11.1 Å². The molecule has 0 aliphatic carbocycles. The van der Waals surface area contributed by atoms with Crippen molar-refractivity contribution in [3.05, 3.63) is 84.3 Å². The van der Waals surface area contributed by atoms with Gasteiger partial charge in [0.05, 0.1) is 12.1 Å². The highest BCUT2D eigenvalue weighted by Crippen LogP contribution is 2.22. The number of rotatable bonds is 7. The maximum absolute atomic E-state index is 13.5. The van der Waals surface area contributed by atoms with E-state index in [1.807, 2.05) is 6.07 Å². The van der Waals surface area contributed by atoms with E-state index in [9.17, 15) is 14.0 Å². The van der Waals surface area contributed by atoms with E-state index in [-0.39, 0.29) is 30.6 Å². The van der Waals surface area contributed by atoms with Crippen LogP contribution >= 0.6 is 0 Å². The summed E-state index contributed by atoms with van der Waals surface area (Å²) in [5, 5.41) is 9.91. The van der Waals surface area contributed by atoms with Crippen LogP contribution in [0.5, 0.6) is 0 Å². The SMILES string of the molecule is C=CC(=O)Nc1cccc(CC(=O)NCc2cn(C)nc2-c2cccc(F)c2)c1. The number of aromatic nitrogens is 2. The van der Waals surface area contributed by atoms with Crippen molar-refractivity contribution in [1.29, 1.82) is 0 Å². The second-order valence-electron chi connectivity index (χ2n) is 6.53. The average Bonchev–Trinajstić information content (AvgIpc) is 3.07. The summed E-state index contributed by atoms with van der Waals surface area (Å²) in [5.74, 6) is -0.828. The maximum Gasteiger partial charge on any atom is 0.247 e. The molecule has 0 saturated heterocycles. The molecule has 29 heavy (non-hydrogen) atoms. The number of hydrogen-bond donors (Lipinski definition) is 2. The third-order valence-corrected chi connectivity index (χ3v) is 4.22. The first kappa shape index (κ1) is 20.0. The minimum Gasteiger partial charge on any atom is -0.352 e. The summed E-state index contributed by atoms with van der Waals surface area (Å²) >= 11 is 0. The van der Waals surface area contributed by atoms with Gasteiger partial charge in [-0.3, -0.25) is 14.3 Å². The monoisotopic (exact) mass is 392 g/mol. The smallest absolute Gasteiger partial charge is 0.247 e. The van der Waals surface area contributed by atoms with Crippen LogP contribution in [-0.2, 0) is 29.6 Å². The van der Waals surface area contributed by atoms with Gasteiger partial charge in [-0.1, -0.05) is 30.8 Å². The maximum atomic E-state index is 13.5. The van der Waals surface area contributed by atoms with Crippen molar-refractivity contribution in [2.24, 2.45) is 7.05 Å². The van der Waals surface area contributed by atoms with E-state index in [0.717, 1.165) is 11.1 Å². The predicted molar refractivity (Wildman–Crippen MR) is 109 cm³/mol. The van der Waals surface area contributed by atoms with E-state index in [1.165, 1.54) is 18.2 Å². The first-order chi connectivity index (χ1) is 13.9. The van der Waals surface area contributed by atoms with E-state index in [1.54, 1.807) is 48.3 Å². The fourth-order valence-electron chi connectivity index (χ4n) is 2.94. The molecule has 0 atom stereocenters. The summed E-state index contributed by atoms with van der Waals surface area (Å²) in [6.07, 6.45) is 3.14. The van der Waals surface area contributed by atoms with Gasteiger partial charge in [0.25, 0.3) is 0 Å². The second kappa shape index (κ2) is 8.97. The van der Waals surface area contributed by atoms with Crippen LogP contribution in [0.25, 0.3) is 11.3 Å². The second-order valence-corrected chi connectivity index (χ2v) is 6.53. The number of nitrogens with zero attached hydrogens (tertiary/aromatic N) is 2. The van der Waals surface area contributed by atoms with E-state index in [2.05, 4.69) is 22.3 Å². The number of hydrogen-bond acceptors (Lipinski definition) is 3. The third kappa shape index (κ3) is 5.38. The highest BCUT2D eigenvalue weighted by Gasteiger charge is 2.12. The molecule has 148 valence electrons. The molecule has 0 saturated carbocycles. The Morgan fingerprint density at radius 2 is 2.00 bits per heavy atom. The van der Waals surface area contributed by atoms with Gasteiger partial charge in [0, 0.05) is 36.6 Å². The molecule has 1 aromatic heterocycles. The summed E-state index contributed by atoms with van der Waals surface area (Å²) in [5.41, 5.74) is 3.43. The molecule has 0 aliphatic rings. The van der Waals surface area contributed by atoms with Crippen LogP contribution in [0.15, 0.2) is 67.4 Å². The fraction of sp³-hybridized carbons (Fsp3) is 0.136. The molecule has 2 aromatic carbocycles. The van der Waals surface area contributed by atoms with Crippen molar-refractivity contribution < 1.29 is 14.0 Å². The zero-order valence-electron chi connectivity index (χ0n) is 16.0. The van der Waals surface area contributed by atoms with Crippen LogP contribution in [-0.4, -0.2) is 21.6 Å². The number of anilines is 1. The highest BCUT2D eigenvalue weighted by molar-refractivity contribution is 5.98. The molecule has 6 nitrogen and oxygen atoms in total. The predicted octanol–water partition coefficient (Wildman–Crippen LogP) is 3.21. The Hall–Kier alpha value is -3.74. The topological polar surface area (TPSA) is 76.0 Å². The Balaban J connectivity index is 1.65. The van der Waals surface area contributed by atoms with Gasteiger partial charge in [-0.2, -0.15) is 5.10 Å². The van der Waals surface area contributed by atoms with Gasteiger partial charge in [-0.25, -0.2) is 4.39 Å². The largest absolute Gasteiger partial charge is 0.352 e. The number of halogens is 1. The lowest BCUT2D eigenvalue weighted by atomic mass is 10.1. The van der Waals surface area contributed by atoms with Crippen molar-refractivity contribution in [2.75, 3.05) is 5.32 Å². The zero-order valence-corrected chi connectivity index (χ0v) is 16.0. The number of aryl methyl sites for hydroxylation is 1. The van der Waals surface area contributed by atoms with Crippen molar-refractivity contribution in [3.63, 3.8) is 0 Å². The van der Waals surface area contributed by atoms with Gasteiger partial charge >= 0.3 is 0 Å². The van der Waals surface area contributed by atoms with Crippen LogP contribution in [0, 0.1) is 5.82 Å². The lowest BCUT2D eigenvalue weighted by molar-refractivity contribution is -0.120. The van der Waals surface area contributed by atoms with E-state index in [4.69, 9.17) is 0 Å². The van der Waals surface area contributed by atoms with E-state index < -0.39 is 0 Å². The van der Waals surface area contributed by atoms with Crippen molar-refractivity contribution in [2.45, 2.75) is 13.0 Å². The number of amides is 2. The molecule has 2 N–H and O–H groups in total. The molecule has 0 unspecified atom stereocenters. The number of benzene rings is 2. The van der Waals surface area contributed by atoms with Crippen molar-refractivity contribution in [1.82, 2.24) is 15.1 Å². The van der Waals surface area contributed by atoms with Crippen molar-refractivity contribution in [3.8, 4) is 11.3 Å². The summed E-state index contributed by atoms with van der Waals surface area (Å²) in [4.78, 5) is 23.8. The molecule has 0 aliphatic heterocycles. The molecule has 0 fully saturated rings. The molecule has 7 heteroatoms. The zero-order chi connectivity index (χ0) is 20.8. The number of nitrogens with one attached hydrogen (secondary N) is 2. The standard InChI is InChI=1S/C22H21FN4O2/c1-3-20(28)25-19-9-4-6-15(10-19)11-21(29)24-13-17-14-27(2)26-22(17)16-7-5-8-18(23)12-16/h3-10,12,14H,1,11,13H2,2H3,(H,24,29)(H,25,28). The van der Waals surface area contributed by atoms with Crippen LogP contribution in [0.2, 0.25) is 0 Å². The fourth-order valence-corrected chi connectivity index (χ4v) is 2.94. The first-order valence-electron chi connectivity index (χ1n) is 9.02. The molecule has 2 amide bonds. The first-order valence-corrected chi connectivity index (χ1v) is 9.02.